The van der Waals surface area contributed by atoms with Gasteiger partial charge in [-0.3, -0.25) is 4.79 Å². The van der Waals surface area contributed by atoms with Crippen LogP contribution in [0.15, 0.2) is 12.7 Å². The Bertz CT molecular complexity index is 219. The van der Waals surface area contributed by atoms with Gasteiger partial charge in [0, 0.05) is 26.6 Å². The summed E-state index contributed by atoms with van der Waals surface area (Å²) in [5.74, 6) is -0.0800. The molecule has 0 spiro atoms. The molecule has 4 nitrogen and oxygen atoms in total. The van der Waals surface area contributed by atoms with Gasteiger partial charge in [-0.15, -0.1) is 6.58 Å². The highest BCUT2D eigenvalue weighted by Crippen LogP contribution is 1.94. The lowest BCUT2D eigenvalue weighted by atomic mass is 10.3. The van der Waals surface area contributed by atoms with Gasteiger partial charge in [-0.2, -0.15) is 0 Å². The fourth-order valence-corrected chi connectivity index (χ4v) is 1.02. The van der Waals surface area contributed by atoms with Gasteiger partial charge in [0.15, 0.2) is 0 Å². The molecule has 0 unspecified atom stereocenters. The van der Waals surface area contributed by atoms with Crippen molar-refractivity contribution in [3.63, 3.8) is 0 Å². The van der Waals surface area contributed by atoms with Crippen LogP contribution in [-0.4, -0.2) is 42.6 Å². The van der Waals surface area contributed by atoms with Crippen LogP contribution in [0.1, 0.15) is 6.42 Å². The first kappa shape index (κ1) is 13.1. The number of hydrogen-bond acceptors (Lipinski definition) is 3. The van der Waals surface area contributed by atoms with Gasteiger partial charge in [-0.05, 0) is 0 Å². The summed E-state index contributed by atoms with van der Waals surface area (Å²) in [6.45, 7) is 4.65. The van der Waals surface area contributed by atoms with Crippen molar-refractivity contribution in [1.82, 2.24) is 4.90 Å². The molecule has 0 aliphatic rings. The molecular weight excluding hydrogens is 200 g/mol. The number of amides is 1. The third-order valence-electron chi connectivity index (χ3n) is 1.60. The van der Waals surface area contributed by atoms with Gasteiger partial charge in [-0.25, -0.2) is 0 Å². The van der Waals surface area contributed by atoms with Crippen LogP contribution in [0.5, 0.6) is 0 Å². The first-order chi connectivity index (χ1) is 6.61. The Kier molecular flexibility index (Phi) is 6.96. The Morgan fingerprint density at radius 2 is 2.36 bits per heavy atom. The van der Waals surface area contributed by atoms with Crippen LogP contribution in [0, 0.1) is 0 Å². The average molecular weight is 216 g/mol. The molecule has 0 atom stereocenters. The summed E-state index contributed by atoms with van der Waals surface area (Å²) < 4.78 is 4.75. The number of nitrogens with zero attached hydrogens (tertiary/aromatic N) is 1. The second kappa shape index (κ2) is 7.46. The summed E-state index contributed by atoms with van der Waals surface area (Å²) in [4.78, 5) is 13.4. The normalized spacial score (nSPS) is 9.50. The molecule has 0 bridgehead atoms. The van der Waals surface area contributed by atoms with E-state index in [1.54, 1.807) is 11.0 Å². The molecule has 0 saturated heterocycles. The Labute approximate surface area is 89.7 Å². The van der Waals surface area contributed by atoms with E-state index in [-0.39, 0.29) is 12.5 Å². The molecule has 0 saturated carbocycles. The van der Waals surface area contributed by atoms with E-state index in [1.165, 1.54) is 7.11 Å². The van der Waals surface area contributed by atoms with E-state index in [1.807, 2.05) is 0 Å². The minimum atomic E-state index is -0.0800. The molecule has 0 aromatic heterocycles. The molecular formula is C9H16N2O2S. The first-order valence-corrected chi connectivity index (χ1v) is 4.68. The van der Waals surface area contributed by atoms with Crippen molar-refractivity contribution < 1.29 is 9.53 Å². The van der Waals surface area contributed by atoms with Gasteiger partial charge < -0.3 is 15.4 Å². The lowest BCUT2D eigenvalue weighted by Crippen LogP contribution is -2.36. The van der Waals surface area contributed by atoms with Gasteiger partial charge in [0.1, 0.15) is 6.61 Å². The van der Waals surface area contributed by atoms with E-state index in [0.29, 0.717) is 24.5 Å². The van der Waals surface area contributed by atoms with Crippen LogP contribution in [0.4, 0.5) is 0 Å². The van der Waals surface area contributed by atoms with Crippen LogP contribution < -0.4 is 5.73 Å². The van der Waals surface area contributed by atoms with Gasteiger partial charge in [0.2, 0.25) is 5.91 Å². The molecule has 0 rings (SSSR count). The molecule has 2 N–H and O–H groups in total. The van der Waals surface area contributed by atoms with Crippen LogP contribution >= 0.6 is 12.2 Å². The van der Waals surface area contributed by atoms with Crippen molar-refractivity contribution in [2.24, 2.45) is 5.73 Å². The number of thiocarbonyl (C=S) groups is 1. The van der Waals surface area contributed by atoms with Crippen LogP contribution in [0.25, 0.3) is 0 Å². The smallest absolute Gasteiger partial charge is 0.248 e. The molecule has 0 heterocycles. The number of carbonyl (C=O) groups excluding carboxylic acids is 1. The summed E-state index contributed by atoms with van der Waals surface area (Å²) in [5.41, 5.74) is 5.35. The van der Waals surface area contributed by atoms with Crippen LogP contribution in [-0.2, 0) is 9.53 Å². The quantitative estimate of drug-likeness (QED) is 0.492. The fourth-order valence-electron chi connectivity index (χ4n) is 0.934. The predicted octanol–water partition coefficient (Wildman–Crippen LogP) is 0.324. The van der Waals surface area contributed by atoms with E-state index in [0.717, 1.165) is 0 Å². The van der Waals surface area contributed by atoms with E-state index < -0.39 is 0 Å². The Morgan fingerprint density at radius 3 is 2.79 bits per heavy atom. The Balaban J connectivity index is 4.05. The molecule has 0 fully saturated rings. The van der Waals surface area contributed by atoms with Crippen LogP contribution in [0.2, 0.25) is 0 Å². The fraction of sp³-hybridized carbons (Fsp3) is 0.556. The molecule has 80 valence electrons. The van der Waals surface area contributed by atoms with E-state index in [9.17, 15) is 4.79 Å². The van der Waals surface area contributed by atoms with Crippen LogP contribution in [0.3, 0.4) is 0 Å². The van der Waals surface area contributed by atoms with Gasteiger partial charge >= 0.3 is 0 Å². The largest absolute Gasteiger partial charge is 0.393 e. The Hall–Kier alpha value is -0.940. The monoisotopic (exact) mass is 216 g/mol. The lowest BCUT2D eigenvalue weighted by molar-refractivity contribution is -0.134. The highest BCUT2D eigenvalue weighted by molar-refractivity contribution is 7.80. The Morgan fingerprint density at radius 1 is 1.71 bits per heavy atom. The third kappa shape index (κ3) is 5.66. The highest BCUT2D eigenvalue weighted by atomic mass is 32.1. The molecule has 0 aliphatic carbocycles. The van der Waals surface area contributed by atoms with Crippen molar-refractivity contribution >= 4 is 23.1 Å². The number of nitrogens with two attached hydrogens (primary N) is 1. The molecule has 0 radical (unpaired) electrons. The molecule has 1 amide bonds. The van der Waals surface area contributed by atoms with Crippen molar-refractivity contribution in [3.8, 4) is 0 Å². The maximum absolute atomic E-state index is 11.4. The zero-order valence-corrected chi connectivity index (χ0v) is 9.18. The minimum absolute atomic E-state index is 0.0746. The zero-order chi connectivity index (χ0) is 11.0. The summed E-state index contributed by atoms with van der Waals surface area (Å²) in [5, 5.41) is 0. The van der Waals surface area contributed by atoms with Gasteiger partial charge in [0.05, 0.1) is 4.99 Å². The topological polar surface area (TPSA) is 55.6 Å². The van der Waals surface area contributed by atoms with Gasteiger partial charge in [-0.1, -0.05) is 18.3 Å². The summed E-state index contributed by atoms with van der Waals surface area (Å²) in [7, 11) is 1.48. The number of hydrogen-bond donors (Lipinski definition) is 1. The molecule has 0 aliphatic heterocycles. The minimum Gasteiger partial charge on any atom is -0.393 e. The third-order valence-corrected chi connectivity index (χ3v) is 1.80. The van der Waals surface area contributed by atoms with E-state index in [2.05, 4.69) is 6.58 Å². The number of rotatable bonds is 7. The average Bonchev–Trinajstić information content (AvgIpc) is 2.12. The van der Waals surface area contributed by atoms with Crippen molar-refractivity contribution in [2.45, 2.75) is 6.42 Å². The first-order valence-electron chi connectivity index (χ1n) is 4.27. The van der Waals surface area contributed by atoms with Gasteiger partial charge in [0.25, 0.3) is 0 Å². The van der Waals surface area contributed by atoms with Crippen molar-refractivity contribution in [1.29, 1.82) is 0 Å². The lowest BCUT2D eigenvalue weighted by Gasteiger charge is -2.20. The maximum atomic E-state index is 11.4. The molecule has 14 heavy (non-hydrogen) atoms. The molecule has 0 aromatic rings. The standard InChI is InChI=1S/C9H16N2O2S/c1-3-5-11(6-4-8(10)14)9(12)7-13-2/h3H,1,4-7H2,2H3,(H2,10,14). The van der Waals surface area contributed by atoms with E-state index >= 15 is 0 Å². The number of ether oxygens (including phenoxy) is 1. The second-order valence-corrected chi connectivity index (χ2v) is 3.30. The molecule has 5 heteroatoms. The number of methoxy groups -OCH3 is 1. The van der Waals surface area contributed by atoms with E-state index in [4.69, 9.17) is 22.7 Å². The molecule has 0 aromatic carbocycles. The SMILES string of the molecule is C=CCN(CCC(N)=S)C(=O)COC. The zero-order valence-electron chi connectivity index (χ0n) is 8.36. The predicted molar refractivity (Wildman–Crippen MR) is 60.1 cm³/mol. The summed E-state index contributed by atoms with van der Waals surface area (Å²) >= 11 is 4.73. The van der Waals surface area contributed by atoms with Crippen molar-refractivity contribution in [3.05, 3.63) is 12.7 Å². The highest BCUT2D eigenvalue weighted by Gasteiger charge is 2.11. The number of carbonyl (C=O) groups is 1. The summed E-state index contributed by atoms with van der Waals surface area (Å²) in [6.07, 6.45) is 2.19. The summed E-state index contributed by atoms with van der Waals surface area (Å²) in [6, 6.07) is 0. The second-order valence-electron chi connectivity index (χ2n) is 2.78. The van der Waals surface area contributed by atoms with Crippen molar-refractivity contribution in [2.75, 3.05) is 26.8 Å². The maximum Gasteiger partial charge on any atom is 0.248 e.